The van der Waals surface area contributed by atoms with Gasteiger partial charge in [-0.1, -0.05) is 18.2 Å². The van der Waals surface area contributed by atoms with Crippen LogP contribution in [0.15, 0.2) is 29.3 Å². The van der Waals surface area contributed by atoms with E-state index < -0.39 is 11.7 Å². The Morgan fingerprint density at radius 1 is 1.21 bits per heavy atom. The first-order valence-corrected chi connectivity index (χ1v) is 4.07. The van der Waals surface area contributed by atoms with Crippen molar-refractivity contribution >= 4 is 5.71 Å². The van der Waals surface area contributed by atoms with Crippen molar-refractivity contribution in [2.75, 3.05) is 7.05 Å². The van der Waals surface area contributed by atoms with E-state index in [9.17, 15) is 13.2 Å². The SMILES string of the molecule is CN=C(C)c1ccccc1C(F)(F)F. The van der Waals surface area contributed by atoms with Crippen molar-refractivity contribution < 1.29 is 13.2 Å². The first-order chi connectivity index (χ1) is 6.46. The minimum atomic E-state index is -4.32. The molecule has 1 aromatic rings. The number of hydrogen-bond acceptors (Lipinski definition) is 1. The van der Waals surface area contributed by atoms with Gasteiger partial charge in [-0.15, -0.1) is 0 Å². The third-order valence-corrected chi connectivity index (χ3v) is 1.96. The summed E-state index contributed by atoms with van der Waals surface area (Å²) >= 11 is 0. The Balaban J connectivity index is 3.31. The van der Waals surface area contributed by atoms with Crippen molar-refractivity contribution in [3.8, 4) is 0 Å². The zero-order chi connectivity index (χ0) is 10.8. The predicted octanol–water partition coefficient (Wildman–Crippen LogP) is 3.14. The minimum Gasteiger partial charge on any atom is -0.293 e. The van der Waals surface area contributed by atoms with E-state index in [0.717, 1.165) is 6.07 Å². The van der Waals surface area contributed by atoms with Gasteiger partial charge in [0, 0.05) is 18.3 Å². The Bertz CT molecular complexity index is 353. The van der Waals surface area contributed by atoms with Gasteiger partial charge in [0.15, 0.2) is 0 Å². The van der Waals surface area contributed by atoms with Crippen molar-refractivity contribution in [3.63, 3.8) is 0 Å². The van der Waals surface area contributed by atoms with E-state index in [2.05, 4.69) is 4.99 Å². The molecule has 0 amide bonds. The third kappa shape index (κ3) is 2.13. The van der Waals surface area contributed by atoms with Crippen LogP contribution in [-0.2, 0) is 6.18 Å². The van der Waals surface area contributed by atoms with Crippen molar-refractivity contribution in [2.45, 2.75) is 13.1 Å². The molecule has 76 valence electrons. The molecule has 0 N–H and O–H groups in total. The summed E-state index contributed by atoms with van der Waals surface area (Å²) in [5.74, 6) is 0. The van der Waals surface area contributed by atoms with E-state index in [1.807, 2.05) is 0 Å². The lowest BCUT2D eigenvalue weighted by Gasteiger charge is -2.11. The second kappa shape index (κ2) is 3.82. The van der Waals surface area contributed by atoms with E-state index in [4.69, 9.17) is 0 Å². The normalized spacial score (nSPS) is 13.1. The second-order valence-corrected chi connectivity index (χ2v) is 2.85. The predicted molar refractivity (Wildman–Crippen MR) is 49.6 cm³/mol. The standard InChI is InChI=1S/C10H10F3N/c1-7(14-2)8-5-3-4-6-9(8)10(11,12)13/h3-6H,1-2H3. The van der Waals surface area contributed by atoms with Crippen molar-refractivity contribution in [2.24, 2.45) is 4.99 Å². The minimum absolute atomic E-state index is 0.141. The highest BCUT2D eigenvalue weighted by molar-refractivity contribution is 6.00. The Labute approximate surface area is 80.3 Å². The first kappa shape index (κ1) is 10.8. The van der Waals surface area contributed by atoms with Gasteiger partial charge in [0.05, 0.1) is 5.56 Å². The van der Waals surface area contributed by atoms with Gasteiger partial charge in [0.1, 0.15) is 0 Å². The van der Waals surface area contributed by atoms with E-state index >= 15 is 0 Å². The van der Waals surface area contributed by atoms with Crippen LogP contribution >= 0.6 is 0 Å². The van der Waals surface area contributed by atoms with Crippen LogP contribution in [-0.4, -0.2) is 12.8 Å². The molecule has 0 bridgehead atoms. The maximum atomic E-state index is 12.5. The Kier molecular flexibility index (Phi) is 2.93. The molecule has 14 heavy (non-hydrogen) atoms. The molecule has 0 fully saturated rings. The second-order valence-electron chi connectivity index (χ2n) is 2.85. The van der Waals surface area contributed by atoms with Crippen LogP contribution in [0.3, 0.4) is 0 Å². The molecule has 0 aromatic heterocycles. The Morgan fingerprint density at radius 2 is 1.79 bits per heavy atom. The summed E-state index contributed by atoms with van der Waals surface area (Å²) in [5.41, 5.74) is -0.108. The number of halogens is 3. The molecule has 0 aliphatic carbocycles. The average Bonchev–Trinajstić information content (AvgIpc) is 2.15. The molecule has 0 heterocycles. The molecule has 1 nitrogen and oxygen atoms in total. The zero-order valence-corrected chi connectivity index (χ0v) is 7.89. The van der Waals surface area contributed by atoms with E-state index in [1.54, 1.807) is 13.0 Å². The summed E-state index contributed by atoms with van der Waals surface area (Å²) in [7, 11) is 1.47. The fourth-order valence-electron chi connectivity index (χ4n) is 1.17. The molecule has 0 unspecified atom stereocenters. The molecule has 0 spiro atoms. The molecular weight excluding hydrogens is 191 g/mol. The van der Waals surface area contributed by atoms with Crippen LogP contribution in [0.1, 0.15) is 18.1 Å². The monoisotopic (exact) mass is 201 g/mol. The van der Waals surface area contributed by atoms with Gasteiger partial charge in [-0.3, -0.25) is 4.99 Å². The van der Waals surface area contributed by atoms with Crippen molar-refractivity contribution in [1.82, 2.24) is 0 Å². The summed E-state index contributed by atoms with van der Waals surface area (Å²) in [6, 6.07) is 5.42. The number of nitrogens with zero attached hydrogens (tertiary/aromatic N) is 1. The summed E-state index contributed by atoms with van der Waals surface area (Å²) < 4.78 is 37.5. The molecule has 0 saturated heterocycles. The average molecular weight is 201 g/mol. The highest BCUT2D eigenvalue weighted by atomic mass is 19.4. The largest absolute Gasteiger partial charge is 0.417 e. The van der Waals surface area contributed by atoms with E-state index in [0.29, 0.717) is 5.71 Å². The van der Waals surface area contributed by atoms with Crippen molar-refractivity contribution in [3.05, 3.63) is 35.4 Å². The molecule has 0 radical (unpaired) electrons. The molecular formula is C10H10F3N. The molecule has 1 aromatic carbocycles. The molecule has 0 saturated carbocycles. The molecule has 0 aliphatic rings. The molecule has 4 heteroatoms. The number of alkyl halides is 3. The lowest BCUT2D eigenvalue weighted by Crippen LogP contribution is -2.11. The van der Waals surface area contributed by atoms with E-state index in [-0.39, 0.29) is 5.56 Å². The topological polar surface area (TPSA) is 12.4 Å². The lowest BCUT2D eigenvalue weighted by atomic mass is 10.0. The third-order valence-electron chi connectivity index (χ3n) is 1.96. The summed E-state index contributed by atoms with van der Waals surface area (Å²) in [6.07, 6.45) is -4.32. The van der Waals surface area contributed by atoms with Crippen LogP contribution in [0, 0.1) is 0 Å². The fourth-order valence-corrected chi connectivity index (χ4v) is 1.17. The van der Waals surface area contributed by atoms with Gasteiger partial charge in [-0.25, -0.2) is 0 Å². The lowest BCUT2D eigenvalue weighted by molar-refractivity contribution is -0.137. The molecule has 0 atom stereocenters. The smallest absolute Gasteiger partial charge is 0.293 e. The maximum Gasteiger partial charge on any atom is 0.417 e. The van der Waals surface area contributed by atoms with Crippen LogP contribution in [0.4, 0.5) is 13.2 Å². The van der Waals surface area contributed by atoms with Crippen molar-refractivity contribution in [1.29, 1.82) is 0 Å². The van der Waals surface area contributed by atoms with Crippen LogP contribution in [0.25, 0.3) is 0 Å². The van der Waals surface area contributed by atoms with E-state index in [1.165, 1.54) is 19.2 Å². The number of rotatable bonds is 1. The quantitative estimate of drug-likeness (QED) is 0.619. The first-order valence-electron chi connectivity index (χ1n) is 4.07. The fraction of sp³-hybridized carbons (Fsp3) is 0.300. The Morgan fingerprint density at radius 3 is 2.29 bits per heavy atom. The maximum absolute atomic E-state index is 12.5. The highest BCUT2D eigenvalue weighted by Crippen LogP contribution is 2.31. The van der Waals surface area contributed by atoms with Gasteiger partial charge in [-0.05, 0) is 13.0 Å². The summed E-state index contributed by atoms with van der Waals surface area (Å²) in [5, 5.41) is 0. The van der Waals surface area contributed by atoms with Crippen LogP contribution in [0.5, 0.6) is 0 Å². The molecule has 0 aliphatic heterocycles. The zero-order valence-electron chi connectivity index (χ0n) is 7.89. The van der Waals surface area contributed by atoms with Gasteiger partial charge in [0.2, 0.25) is 0 Å². The van der Waals surface area contributed by atoms with Gasteiger partial charge in [0.25, 0.3) is 0 Å². The van der Waals surface area contributed by atoms with Crippen LogP contribution < -0.4 is 0 Å². The number of aliphatic imine (C=N–C) groups is 1. The summed E-state index contributed by atoms with van der Waals surface area (Å²) in [4.78, 5) is 3.75. The van der Waals surface area contributed by atoms with Gasteiger partial charge < -0.3 is 0 Å². The number of benzene rings is 1. The number of hydrogen-bond donors (Lipinski definition) is 0. The van der Waals surface area contributed by atoms with Gasteiger partial charge >= 0.3 is 6.18 Å². The van der Waals surface area contributed by atoms with Gasteiger partial charge in [-0.2, -0.15) is 13.2 Å². The molecule has 1 rings (SSSR count). The highest BCUT2D eigenvalue weighted by Gasteiger charge is 2.33. The summed E-state index contributed by atoms with van der Waals surface area (Å²) in [6.45, 7) is 1.56. The Hall–Kier alpha value is -1.32. The van der Waals surface area contributed by atoms with Crippen LogP contribution in [0.2, 0.25) is 0 Å².